The average Bonchev–Trinajstić information content (AvgIpc) is 2.71. The second kappa shape index (κ2) is 8.56. The van der Waals surface area contributed by atoms with Crippen molar-refractivity contribution < 1.29 is 14.3 Å². The fourth-order valence-corrected chi connectivity index (χ4v) is 2.82. The van der Waals surface area contributed by atoms with Gasteiger partial charge in [0.1, 0.15) is 5.75 Å². The van der Waals surface area contributed by atoms with E-state index in [-0.39, 0.29) is 17.4 Å². The Balaban J connectivity index is 1.78. The first-order valence-corrected chi connectivity index (χ1v) is 9.17. The van der Waals surface area contributed by atoms with Crippen molar-refractivity contribution in [3.8, 4) is 5.75 Å². The summed E-state index contributed by atoms with van der Waals surface area (Å²) in [6, 6.07) is 12.7. The highest BCUT2D eigenvalue weighted by Gasteiger charge is 2.14. The lowest BCUT2D eigenvalue weighted by molar-refractivity contribution is 0.102. The summed E-state index contributed by atoms with van der Waals surface area (Å²) in [4.78, 5) is 29.3. The molecular weight excluding hydrogens is 366 g/mol. The van der Waals surface area contributed by atoms with Gasteiger partial charge < -0.3 is 15.4 Å². The van der Waals surface area contributed by atoms with Crippen molar-refractivity contribution in [2.45, 2.75) is 20.8 Å². The Morgan fingerprint density at radius 2 is 1.52 bits per heavy atom. The lowest BCUT2D eigenvalue weighted by atomic mass is 10.1. The van der Waals surface area contributed by atoms with Crippen LogP contribution in [0.3, 0.4) is 0 Å². The van der Waals surface area contributed by atoms with Crippen molar-refractivity contribution >= 4 is 23.2 Å². The van der Waals surface area contributed by atoms with Crippen LogP contribution in [0.1, 0.15) is 37.4 Å². The summed E-state index contributed by atoms with van der Waals surface area (Å²) in [7, 11) is 1.54. The van der Waals surface area contributed by atoms with Gasteiger partial charge in [-0.25, -0.2) is 0 Å². The SMILES string of the molecule is COc1ccc(C)cc1NC(=O)c1cncc(C(=O)Nc2ccc(C)c(C)c2)c1. The van der Waals surface area contributed by atoms with Crippen LogP contribution >= 0.6 is 0 Å². The molecule has 1 aromatic heterocycles. The third kappa shape index (κ3) is 4.79. The van der Waals surface area contributed by atoms with Crippen LogP contribution in [-0.2, 0) is 0 Å². The van der Waals surface area contributed by atoms with Gasteiger partial charge in [-0.05, 0) is 67.8 Å². The van der Waals surface area contributed by atoms with E-state index in [2.05, 4.69) is 15.6 Å². The van der Waals surface area contributed by atoms with Crippen LogP contribution in [0.25, 0.3) is 0 Å². The van der Waals surface area contributed by atoms with Crippen molar-refractivity contribution in [2.24, 2.45) is 0 Å². The number of amides is 2. The van der Waals surface area contributed by atoms with E-state index in [9.17, 15) is 9.59 Å². The normalized spacial score (nSPS) is 10.3. The zero-order valence-corrected chi connectivity index (χ0v) is 16.9. The molecule has 0 fully saturated rings. The summed E-state index contributed by atoms with van der Waals surface area (Å²) >= 11 is 0. The van der Waals surface area contributed by atoms with Crippen molar-refractivity contribution in [1.82, 2.24) is 4.98 Å². The quantitative estimate of drug-likeness (QED) is 0.672. The third-order valence-corrected chi connectivity index (χ3v) is 4.63. The molecular formula is C23H23N3O3. The van der Waals surface area contributed by atoms with E-state index in [4.69, 9.17) is 4.74 Å². The van der Waals surface area contributed by atoms with E-state index >= 15 is 0 Å². The van der Waals surface area contributed by atoms with Crippen molar-refractivity contribution in [3.63, 3.8) is 0 Å². The molecule has 2 aromatic carbocycles. The number of rotatable bonds is 5. The molecule has 2 N–H and O–H groups in total. The minimum atomic E-state index is -0.373. The van der Waals surface area contributed by atoms with Crippen LogP contribution in [-0.4, -0.2) is 23.9 Å². The lowest BCUT2D eigenvalue weighted by Crippen LogP contribution is -2.16. The van der Waals surface area contributed by atoms with Gasteiger partial charge >= 0.3 is 0 Å². The first kappa shape index (κ1) is 20.1. The standard InChI is InChI=1S/C23H23N3O3/c1-14-5-8-21(29-4)20(9-14)26-23(28)18-11-17(12-24-13-18)22(27)25-19-7-6-15(2)16(3)10-19/h5-13H,1-4H3,(H,25,27)(H,26,28). The Bertz CT molecular complexity index is 1080. The second-order valence-electron chi connectivity index (χ2n) is 6.87. The minimum Gasteiger partial charge on any atom is -0.495 e. The maximum Gasteiger partial charge on any atom is 0.257 e. The summed E-state index contributed by atoms with van der Waals surface area (Å²) in [5, 5.41) is 5.65. The number of methoxy groups -OCH3 is 1. The smallest absolute Gasteiger partial charge is 0.257 e. The molecule has 0 aliphatic rings. The number of aromatic nitrogens is 1. The van der Waals surface area contributed by atoms with Crippen LogP contribution in [0, 0.1) is 20.8 Å². The molecule has 0 saturated heterocycles. The summed E-state index contributed by atoms with van der Waals surface area (Å²) in [6.07, 6.45) is 2.85. The molecule has 0 bridgehead atoms. The highest BCUT2D eigenvalue weighted by Crippen LogP contribution is 2.25. The summed E-state index contributed by atoms with van der Waals surface area (Å²) in [5.41, 5.74) is 5.05. The van der Waals surface area contributed by atoms with Gasteiger partial charge in [0.25, 0.3) is 11.8 Å². The number of nitrogens with one attached hydrogen (secondary N) is 2. The molecule has 29 heavy (non-hydrogen) atoms. The molecule has 3 rings (SSSR count). The van der Waals surface area contributed by atoms with Gasteiger partial charge in [0.2, 0.25) is 0 Å². The average molecular weight is 389 g/mol. The molecule has 2 amide bonds. The van der Waals surface area contributed by atoms with Crippen LogP contribution in [0.2, 0.25) is 0 Å². The number of hydrogen-bond donors (Lipinski definition) is 2. The van der Waals surface area contributed by atoms with Gasteiger partial charge in [-0.2, -0.15) is 0 Å². The largest absolute Gasteiger partial charge is 0.495 e. The molecule has 0 aliphatic carbocycles. The van der Waals surface area contributed by atoms with E-state index in [0.29, 0.717) is 22.7 Å². The second-order valence-corrected chi connectivity index (χ2v) is 6.87. The highest BCUT2D eigenvalue weighted by molar-refractivity contribution is 6.08. The van der Waals surface area contributed by atoms with E-state index in [1.807, 2.05) is 51.1 Å². The van der Waals surface area contributed by atoms with E-state index in [0.717, 1.165) is 16.7 Å². The van der Waals surface area contributed by atoms with Crippen LogP contribution < -0.4 is 15.4 Å². The van der Waals surface area contributed by atoms with Crippen molar-refractivity contribution in [2.75, 3.05) is 17.7 Å². The first-order valence-electron chi connectivity index (χ1n) is 9.17. The molecule has 0 unspecified atom stereocenters. The Morgan fingerprint density at radius 1 is 0.828 bits per heavy atom. The number of pyridine rings is 1. The van der Waals surface area contributed by atoms with Crippen molar-refractivity contribution in [3.05, 3.63) is 82.7 Å². The maximum atomic E-state index is 12.7. The molecule has 0 radical (unpaired) electrons. The van der Waals surface area contributed by atoms with Gasteiger partial charge in [0.05, 0.1) is 23.9 Å². The number of anilines is 2. The fourth-order valence-electron chi connectivity index (χ4n) is 2.82. The number of benzene rings is 2. The van der Waals surface area contributed by atoms with E-state index < -0.39 is 0 Å². The molecule has 6 heteroatoms. The Kier molecular flexibility index (Phi) is 5.93. The van der Waals surface area contributed by atoms with E-state index in [1.165, 1.54) is 18.5 Å². The van der Waals surface area contributed by atoms with Crippen molar-refractivity contribution in [1.29, 1.82) is 0 Å². The number of nitrogens with zero attached hydrogens (tertiary/aromatic N) is 1. The van der Waals surface area contributed by atoms with Crippen LogP contribution in [0.5, 0.6) is 5.75 Å². The highest BCUT2D eigenvalue weighted by atomic mass is 16.5. The Hall–Kier alpha value is -3.67. The molecule has 6 nitrogen and oxygen atoms in total. The number of ether oxygens (including phenoxy) is 1. The van der Waals surface area contributed by atoms with Crippen LogP contribution in [0.4, 0.5) is 11.4 Å². The number of aryl methyl sites for hydroxylation is 3. The number of hydrogen-bond acceptors (Lipinski definition) is 4. The predicted molar refractivity (Wildman–Crippen MR) is 114 cm³/mol. The molecule has 0 saturated carbocycles. The topological polar surface area (TPSA) is 80.3 Å². The van der Waals surface area contributed by atoms with Gasteiger partial charge in [-0.15, -0.1) is 0 Å². The zero-order chi connectivity index (χ0) is 21.0. The van der Waals surface area contributed by atoms with E-state index in [1.54, 1.807) is 13.2 Å². The van der Waals surface area contributed by atoms with Gasteiger partial charge in [0.15, 0.2) is 0 Å². The number of carbonyl (C=O) groups is 2. The first-order chi connectivity index (χ1) is 13.9. The molecule has 0 spiro atoms. The minimum absolute atomic E-state index is 0.279. The Labute approximate surface area is 169 Å². The monoisotopic (exact) mass is 389 g/mol. The maximum absolute atomic E-state index is 12.7. The summed E-state index contributed by atoms with van der Waals surface area (Å²) < 4.78 is 5.29. The van der Waals surface area contributed by atoms with Gasteiger partial charge in [-0.3, -0.25) is 14.6 Å². The summed E-state index contributed by atoms with van der Waals surface area (Å²) in [6.45, 7) is 5.92. The van der Waals surface area contributed by atoms with Crippen LogP contribution in [0.15, 0.2) is 54.9 Å². The lowest BCUT2D eigenvalue weighted by Gasteiger charge is -2.11. The molecule has 0 atom stereocenters. The molecule has 1 heterocycles. The Morgan fingerprint density at radius 3 is 2.17 bits per heavy atom. The predicted octanol–water partition coefficient (Wildman–Crippen LogP) is 4.52. The molecule has 148 valence electrons. The molecule has 3 aromatic rings. The zero-order valence-electron chi connectivity index (χ0n) is 16.9. The number of carbonyl (C=O) groups excluding carboxylic acids is 2. The van der Waals surface area contributed by atoms with Gasteiger partial charge in [0, 0.05) is 18.1 Å². The van der Waals surface area contributed by atoms with Gasteiger partial charge in [-0.1, -0.05) is 12.1 Å². The third-order valence-electron chi connectivity index (χ3n) is 4.63. The summed E-state index contributed by atoms with van der Waals surface area (Å²) in [5.74, 6) is -0.147. The molecule has 0 aliphatic heterocycles. The fraction of sp³-hybridized carbons (Fsp3) is 0.174.